The van der Waals surface area contributed by atoms with Gasteiger partial charge in [-0.25, -0.2) is 8.42 Å². The van der Waals surface area contributed by atoms with Crippen LogP contribution in [0.3, 0.4) is 0 Å². The van der Waals surface area contributed by atoms with Crippen molar-refractivity contribution in [2.45, 2.75) is 30.7 Å². The standard InChI is InChI=1S/C26H31N3O5S/c1-20-7-13-23(14-8-20)35(31,32)28(2)21-9-11-22(12-10-21)34-19-26(30)27-18-24(25-6-5-17-33-25)29-15-3-4-16-29/h5-14,17,24H,3-4,15-16,18-19H2,1-2H3,(H,27,30). The number of anilines is 1. The fourth-order valence-electron chi connectivity index (χ4n) is 4.11. The van der Waals surface area contributed by atoms with Crippen LogP contribution in [0.2, 0.25) is 0 Å². The first kappa shape index (κ1) is 24.8. The van der Waals surface area contributed by atoms with E-state index < -0.39 is 10.0 Å². The molecule has 0 saturated carbocycles. The molecule has 35 heavy (non-hydrogen) atoms. The molecule has 1 amide bonds. The second kappa shape index (κ2) is 11.0. The minimum absolute atomic E-state index is 0.00162. The summed E-state index contributed by atoms with van der Waals surface area (Å²) in [5, 5.41) is 2.94. The van der Waals surface area contributed by atoms with Crippen LogP contribution < -0.4 is 14.4 Å². The fraction of sp³-hybridized carbons (Fsp3) is 0.346. The number of furan rings is 1. The lowest BCUT2D eigenvalue weighted by Gasteiger charge is -2.26. The van der Waals surface area contributed by atoms with Gasteiger partial charge in [-0.15, -0.1) is 0 Å². The third-order valence-electron chi connectivity index (χ3n) is 6.20. The molecule has 1 atom stereocenters. The van der Waals surface area contributed by atoms with Crippen LogP contribution in [0, 0.1) is 6.92 Å². The maximum Gasteiger partial charge on any atom is 0.264 e. The first-order valence-corrected chi connectivity index (χ1v) is 13.1. The van der Waals surface area contributed by atoms with Gasteiger partial charge in [-0.1, -0.05) is 17.7 Å². The molecule has 2 heterocycles. The molecule has 2 aromatic carbocycles. The number of hydrogen-bond acceptors (Lipinski definition) is 6. The lowest BCUT2D eigenvalue weighted by Crippen LogP contribution is -2.38. The summed E-state index contributed by atoms with van der Waals surface area (Å²) >= 11 is 0. The zero-order valence-corrected chi connectivity index (χ0v) is 20.8. The highest BCUT2D eigenvalue weighted by Gasteiger charge is 2.26. The van der Waals surface area contributed by atoms with E-state index in [1.165, 1.54) is 11.4 Å². The Morgan fingerprint density at radius 2 is 1.77 bits per heavy atom. The number of nitrogens with zero attached hydrogens (tertiary/aromatic N) is 2. The molecule has 1 saturated heterocycles. The summed E-state index contributed by atoms with van der Waals surface area (Å²) in [5.41, 5.74) is 1.49. The summed E-state index contributed by atoms with van der Waals surface area (Å²) in [4.78, 5) is 15.0. The summed E-state index contributed by atoms with van der Waals surface area (Å²) in [6, 6.07) is 17.1. The average molecular weight is 498 g/mol. The number of carbonyl (C=O) groups excluding carboxylic acids is 1. The number of benzene rings is 2. The minimum atomic E-state index is -3.67. The Morgan fingerprint density at radius 1 is 1.09 bits per heavy atom. The molecule has 186 valence electrons. The predicted molar refractivity (Wildman–Crippen MR) is 134 cm³/mol. The molecular formula is C26H31N3O5S. The van der Waals surface area contributed by atoms with Crippen LogP contribution in [0.4, 0.5) is 5.69 Å². The molecule has 0 aliphatic carbocycles. The van der Waals surface area contributed by atoms with Crippen molar-refractivity contribution >= 4 is 21.6 Å². The smallest absolute Gasteiger partial charge is 0.264 e. The highest BCUT2D eigenvalue weighted by Crippen LogP contribution is 2.26. The Morgan fingerprint density at radius 3 is 2.40 bits per heavy atom. The molecule has 0 bridgehead atoms. The van der Waals surface area contributed by atoms with Gasteiger partial charge in [0.05, 0.1) is 22.9 Å². The Bertz CT molecular complexity index is 1200. The van der Waals surface area contributed by atoms with Crippen LogP contribution in [-0.4, -0.2) is 52.5 Å². The molecule has 1 unspecified atom stereocenters. The predicted octanol–water partition coefficient (Wildman–Crippen LogP) is 3.75. The molecule has 0 spiro atoms. The molecule has 0 radical (unpaired) electrons. The number of rotatable bonds is 10. The van der Waals surface area contributed by atoms with Crippen LogP contribution >= 0.6 is 0 Å². The summed E-state index contributed by atoms with van der Waals surface area (Å²) in [7, 11) is -2.16. The van der Waals surface area contributed by atoms with Gasteiger partial charge < -0.3 is 14.5 Å². The lowest BCUT2D eigenvalue weighted by atomic mass is 10.2. The zero-order valence-electron chi connectivity index (χ0n) is 20.0. The summed E-state index contributed by atoms with van der Waals surface area (Å²) in [5.74, 6) is 1.09. The number of amides is 1. The second-order valence-electron chi connectivity index (χ2n) is 8.65. The molecule has 1 fully saturated rings. The highest BCUT2D eigenvalue weighted by molar-refractivity contribution is 7.92. The van der Waals surface area contributed by atoms with Crippen LogP contribution in [0.5, 0.6) is 5.75 Å². The molecular weight excluding hydrogens is 466 g/mol. The highest BCUT2D eigenvalue weighted by atomic mass is 32.2. The normalized spacial score (nSPS) is 15.0. The van der Waals surface area contributed by atoms with Crippen molar-refractivity contribution in [3.63, 3.8) is 0 Å². The monoisotopic (exact) mass is 497 g/mol. The van der Waals surface area contributed by atoms with Crippen molar-refractivity contribution in [3.8, 4) is 5.75 Å². The van der Waals surface area contributed by atoms with Gasteiger partial charge >= 0.3 is 0 Å². The SMILES string of the molecule is Cc1ccc(S(=O)(=O)N(C)c2ccc(OCC(=O)NCC(c3ccco3)N3CCCC3)cc2)cc1. The van der Waals surface area contributed by atoms with Gasteiger partial charge in [0.1, 0.15) is 11.5 Å². The third-order valence-corrected chi connectivity index (χ3v) is 8.00. The molecule has 1 aliphatic rings. The molecule has 9 heteroatoms. The van der Waals surface area contributed by atoms with Gasteiger partial charge in [0.25, 0.3) is 15.9 Å². The lowest BCUT2D eigenvalue weighted by molar-refractivity contribution is -0.123. The van der Waals surface area contributed by atoms with Gasteiger partial charge in [-0.05, 0) is 81.4 Å². The number of nitrogens with one attached hydrogen (secondary N) is 1. The van der Waals surface area contributed by atoms with Gasteiger partial charge in [-0.3, -0.25) is 14.0 Å². The fourth-order valence-corrected chi connectivity index (χ4v) is 5.31. The van der Waals surface area contributed by atoms with Crippen molar-refractivity contribution in [3.05, 3.63) is 78.3 Å². The average Bonchev–Trinajstić information content (AvgIpc) is 3.58. The van der Waals surface area contributed by atoms with E-state index in [9.17, 15) is 13.2 Å². The quantitative estimate of drug-likeness (QED) is 0.459. The Labute approximate surface area is 206 Å². The van der Waals surface area contributed by atoms with E-state index in [2.05, 4.69) is 10.2 Å². The second-order valence-corrected chi connectivity index (χ2v) is 10.6. The Kier molecular flexibility index (Phi) is 7.77. The largest absolute Gasteiger partial charge is 0.484 e. The molecule has 4 rings (SSSR count). The van der Waals surface area contributed by atoms with Crippen molar-refractivity contribution in [1.82, 2.24) is 10.2 Å². The van der Waals surface area contributed by atoms with Gasteiger partial charge in [-0.2, -0.15) is 0 Å². The van der Waals surface area contributed by atoms with E-state index in [-0.39, 0.29) is 23.5 Å². The van der Waals surface area contributed by atoms with E-state index in [0.717, 1.165) is 37.3 Å². The Balaban J connectivity index is 1.30. The van der Waals surface area contributed by atoms with Crippen LogP contribution in [-0.2, 0) is 14.8 Å². The summed E-state index contributed by atoms with van der Waals surface area (Å²) < 4.78 is 38.2. The van der Waals surface area contributed by atoms with Crippen molar-refractivity contribution in [2.75, 3.05) is 37.6 Å². The van der Waals surface area contributed by atoms with E-state index in [4.69, 9.17) is 9.15 Å². The topological polar surface area (TPSA) is 92.1 Å². The van der Waals surface area contributed by atoms with Crippen LogP contribution in [0.1, 0.15) is 30.2 Å². The van der Waals surface area contributed by atoms with Gasteiger partial charge in [0, 0.05) is 13.6 Å². The number of aryl methyl sites for hydroxylation is 1. The minimum Gasteiger partial charge on any atom is -0.484 e. The first-order valence-electron chi connectivity index (χ1n) is 11.7. The number of sulfonamides is 1. The van der Waals surface area contributed by atoms with Crippen molar-refractivity contribution < 1.29 is 22.4 Å². The number of hydrogen-bond donors (Lipinski definition) is 1. The first-order chi connectivity index (χ1) is 16.8. The van der Waals surface area contributed by atoms with E-state index in [1.807, 2.05) is 19.1 Å². The van der Waals surface area contributed by atoms with Crippen LogP contribution in [0.25, 0.3) is 0 Å². The number of likely N-dealkylation sites (tertiary alicyclic amines) is 1. The molecule has 3 aromatic rings. The van der Waals surface area contributed by atoms with Crippen molar-refractivity contribution in [1.29, 1.82) is 0 Å². The Hall–Kier alpha value is -3.30. The maximum atomic E-state index is 12.9. The molecule has 1 aliphatic heterocycles. The van der Waals surface area contributed by atoms with Crippen LogP contribution in [0.15, 0.2) is 76.2 Å². The van der Waals surface area contributed by atoms with Crippen molar-refractivity contribution in [2.24, 2.45) is 0 Å². The number of ether oxygens (including phenoxy) is 1. The third kappa shape index (κ3) is 6.04. The summed E-state index contributed by atoms with van der Waals surface area (Å²) in [6.07, 6.45) is 3.94. The van der Waals surface area contributed by atoms with Gasteiger partial charge in [0.15, 0.2) is 6.61 Å². The molecule has 1 N–H and O–H groups in total. The summed E-state index contributed by atoms with van der Waals surface area (Å²) in [6.45, 7) is 4.18. The maximum absolute atomic E-state index is 12.9. The molecule has 1 aromatic heterocycles. The van der Waals surface area contributed by atoms with E-state index in [1.54, 1.807) is 54.8 Å². The zero-order chi connectivity index (χ0) is 24.8. The van der Waals surface area contributed by atoms with E-state index in [0.29, 0.717) is 18.0 Å². The number of carbonyl (C=O) groups is 1. The van der Waals surface area contributed by atoms with E-state index >= 15 is 0 Å². The molecule has 8 nitrogen and oxygen atoms in total. The van der Waals surface area contributed by atoms with Gasteiger partial charge in [0.2, 0.25) is 0 Å².